The minimum atomic E-state index is 1.11. The highest BCUT2D eigenvalue weighted by Crippen LogP contribution is 1.99. The minimum Gasteiger partial charge on any atom is -0.203 e. The molecule has 0 bridgehead atoms. The fourth-order valence-corrected chi connectivity index (χ4v) is 0.779. The van der Waals surface area contributed by atoms with Crippen LogP contribution in [-0.4, -0.2) is 5.16 Å². The molecule has 2 heteroatoms. The lowest BCUT2D eigenvalue weighted by Gasteiger charge is -1.86. The summed E-state index contributed by atoms with van der Waals surface area (Å²) in [6.07, 6.45) is 3.50. The lowest BCUT2D eigenvalue weighted by molar-refractivity contribution is 1.60. The summed E-state index contributed by atoms with van der Waals surface area (Å²) in [5, 5.41) is 2.26. The molecule has 0 saturated heterocycles. The van der Waals surface area contributed by atoms with E-state index >= 15 is 0 Å². The maximum atomic E-state index is 4.40. The normalized spacial score (nSPS) is 9.45. The first-order valence-electron chi connectivity index (χ1n) is 3.22. The molecule has 0 aliphatic carbocycles. The molecule has 0 fully saturated rings. The average molecular weight is 161 g/mol. The maximum Gasteiger partial charge on any atom is 0.0634 e. The third-order valence-corrected chi connectivity index (χ3v) is 1.30. The van der Waals surface area contributed by atoms with Crippen LogP contribution in [0, 0.1) is 0 Å². The first kappa shape index (κ1) is 7.86. The first-order valence-corrected chi connectivity index (χ1v) is 3.63. The molecule has 1 aromatic rings. The van der Waals surface area contributed by atoms with E-state index in [9.17, 15) is 0 Å². The Bertz CT molecular complexity index is 284. The summed E-state index contributed by atoms with van der Waals surface area (Å²) >= 11 is 4.40. The van der Waals surface area contributed by atoms with Gasteiger partial charge in [0.05, 0.1) is 5.16 Å². The predicted molar refractivity (Wildman–Crippen MR) is 50.5 cm³/mol. The zero-order chi connectivity index (χ0) is 7.94. The van der Waals surface area contributed by atoms with Crippen molar-refractivity contribution in [3.05, 3.63) is 42.1 Å². The number of aliphatic imine (C=N–C) groups is 1. The predicted octanol–water partition coefficient (Wildman–Crippen LogP) is 2.76. The zero-order valence-corrected chi connectivity index (χ0v) is 6.71. The van der Waals surface area contributed by atoms with Gasteiger partial charge in [-0.1, -0.05) is 30.3 Å². The van der Waals surface area contributed by atoms with Gasteiger partial charge in [-0.05, 0) is 23.9 Å². The van der Waals surface area contributed by atoms with Crippen molar-refractivity contribution in [2.75, 3.05) is 0 Å². The van der Waals surface area contributed by atoms with Gasteiger partial charge in [-0.15, -0.1) is 0 Å². The molecule has 1 rings (SSSR count). The monoisotopic (exact) mass is 161 g/mol. The summed E-state index contributed by atoms with van der Waals surface area (Å²) in [4.78, 5) is 3.65. The highest BCUT2D eigenvalue weighted by Gasteiger charge is 1.79. The van der Waals surface area contributed by atoms with Gasteiger partial charge in [0.1, 0.15) is 0 Å². The molecule has 0 radical (unpaired) electrons. The van der Waals surface area contributed by atoms with Crippen LogP contribution in [-0.2, 0) is 0 Å². The van der Waals surface area contributed by atoms with E-state index in [1.54, 1.807) is 6.20 Å². The van der Waals surface area contributed by atoms with Crippen molar-refractivity contribution in [1.82, 2.24) is 0 Å². The van der Waals surface area contributed by atoms with Crippen molar-refractivity contribution in [2.24, 2.45) is 4.99 Å². The van der Waals surface area contributed by atoms with Gasteiger partial charge in [0.25, 0.3) is 0 Å². The summed E-state index contributed by atoms with van der Waals surface area (Å²) in [6, 6.07) is 9.91. The molecule has 0 saturated carbocycles. The van der Waals surface area contributed by atoms with Crippen LogP contribution in [0.15, 0.2) is 41.5 Å². The topological polar surface area (TPSA) is 12.4 Å². The molecule has 1 aromatic carbocycles. The van der Waals surface area contributed by atoms with Crippen LogP contribution in [0.25, 0.3) is 6.08 Å². The summed E-state index contributed by atoms with van der Waals surface area (Å²) in [7, 11) is 0. The minimum absolute atomic E-state index is 1.11. The Morgan fingerprint density at radius 3 is 2.64 bits per heavy atom. The Kier molecular flexibility index (Phi) is 3.26. The number of thiocarbonyl (C=S) groups is 1. The Hall–Kier alpha value is -1.24. The van der Waals surface area contributed by atoms with E-state index in [1.165, 1.54) is 0 Å². The lowest BCUT2D eigenvalue weighted by Crippen LogP contribution is -1.66. The summed E-state index contributed by atoms with van der Waals surface area (Å²) in [5.41, 5.74) is 1.11. The van der Waals surface area contributed by atoms with Gasteiger partial charge in [0.15, 0.2) is 0 Å². The van der Waals surface area contributed by atoms with E-state index in [0.29, 0.717) is 0 Å². The number of nitrogens with zero attached hydrogens (tertiary/aromatic N) is 1. The average Bonchev–Trinajstić information content (AvgIpc) is 2.07. The number of rotatable bonds is 2. The van der Waals surface area contributed by atoms with Crippen molar-refractivity contribution in [2.45, 2.75) is 0 Å². The van der Waals surface area contributed by atoms with Crippen molar-refractivity contribution in [1.29, 1.82) is 0 Å². The van der Waals surface area contributed by atoms with Gasteiger partial charge in [0.2, 0.25) is 0 Å². The number of benzene rings is 1. The fraction of sp³-hybridized carbons (Fsp3) is 0. The molecular formula is C9H7NS. The second kappa shape index (κ2) is 4.56. The van der Waals surface area contributed by atoms with Crippen LogP contribution < -0.4 is 0 Å². The molecule has 0 unspecified atom stereocenters. The molecule has 0 N–H and O–H groups in total. The van der Waals surface area contributed by atoms with E-state index in [2.05, 4.69) is 22.4 Å². The summed E-state index contributed by atoms with van der Waals surface area (Å²) < 4.78 is 0. The number of hydrogen-bond acceptors (Lipinski definition) is 2. The molecule has 11 heavy (non-hydrogen) atoms. The van der Waals surface area contributed by atoms with E-state index in [0.717, 1.165) is 5.56 Å². The maximum absolute atomic E-state index is 4.40. The van der Waals surface area contributed by atoms with E-state index in [4.69, 9.17) is 0 Å². The Labute approximate surface area is 71.1 Å². The highest BCUT2D eigenvalue weighted by molar-refractivity contribution is 7.78. The van der Waals surface area contributed by atoms with Gasteiger partial charge in [-0.2, -0.15) is 0 Å². The van der Waals surface area contributed by atoms with Crippen LogP contribution in [0.1, 0.15) is 5.56 Å². The standard InChI is InChI=1S/C9H7NS/c11-8-10-7-6-9-4-2-1-3-5-9/h1-7H/b7-6+. The molecule has 0 spiro atoms. The first-order chi connectivity index (χ1) is 5.43. The molecule has 1 nitrogen and oxygen atoms in total. The largest absolute Gasteiger partial charge is 0.203 e. The van der Waals surface area contributed by atoms with Crippen LogP contribution in [0.3, 0.4) is 0 Å². The quantitative estimate of drug-likeness (QED) is 0.480. The molecule has 0 heterocycles. The van der Waals surface area contributed by atoms with Gasteiger partial charge in [-0.25, -0.2) is 4.99 Å². The van der Waals surface area contributed by atoms with Gasteiger partial charge in [0, 0.05) is 6.20 Å². The molecule has 0 amide bonds. The lowest BCUT2D eigenvalue weighted by atomic mass is 10.2. The van der Waals surface area contributed by atoms with Crippen LogP contribution >= 0.6 is 12.2 Å². The highest BCUT2D eigenvalue weighted by atomic mass is 32.1. The third kappa shape index (κ3) is 2.89. The van der Waals surface area contributed by atoms with Crippen molar-refractivity contribution < 1.29 is 0 Å². The molecule has 0 aliphatic rings. The number of hydrogen-bond donors (Lipinski definition) is 0. The van der Waals surface area contributed by atoms with E-state index in [1.807, 2.05) is 36.4 Å². The second-order valence-electron chi connectivity index (χ2n) is 1.95. The van der Waals surface area contributed by atoms with E-state index in [-0.39, 0.29) is 0 Å². The molecule has 0 atom stereocenters. The van der Waals surface area contributed by atoms with Gasteiger partial charge >= 0.3 is 0 Å². The Balaban J connectivity index is 2.72. The Morgan fingerprint density at radius 2 is 2.00 bits per heavy atom. The van der Waals surface area contributed by atoms with Crippen molar-refractivity contribution in [3.63, 3.8) is 0 Å². The summed E-state index contributed by atoms with van der Waals surface area (Å²) in [5.74, 6) is 0. The number of isothiocyanates is 1. The van der Waals surface area contributed by atoms with Crippen LogP contribution in [0.5, 0.6) is 0 Å². The third-order valence-electron chi connectivity index (χ3n) is 1.19. The van der Waals surface area contributed by atoms with Crippen LogP contribution in [0.4, 0.5) is 0 Å². The SMILES string of the molecule is S=C=N/C=C/c1ccccc1. The smallest absolute Gasteiger partial charge is 0.0634 e. The summed E-state index contributed by atoms with van der Waals surface area (Å²) in [6.45, 7) is 0. The van der Waals surface area contributed by atoms with Gasteiger partial charge < -0.3 is 0 Å². The molecule has 54 valence electrons. The van der Waals surface area contributed by atoms with Crippen LogP contribution in [0.2, 0.25) is 0 Å². The second-order valence-corrected chi connectivity index (χ2v) is 2.13. The zero-order valence-electron chi connectivity index (χ0n) is 5.90. The fourth-order valence-electron chi connectivity index (χ4n) is 0.718. The van der Waals surface area contributed by atoms with Crippen molar-refractivity contribution in [3.8, 4) is 0 Å². The Morgan fingerprint density at radius 1 is 1.27 bits per heavy atom. The van der Waals surface area contributed by atoms with Crippen molar-refractivity contribution >= 4 is 23.5 Å². The molecule has 0 aromatic heterocycles. The molecule has 0 aliphatic heterocycles. The molecular weight excluding hydrogens is 154 g/mol. The van der Waals surface area contributed by atoms with E-state index < -0.39 is 0 Å². The van der Waals surface area contributed by atoms with Gasteiger partial charge in [-0.3, -0.25) is 0 Å².